The Bertz CT molecular complexity index is 541. The van der Waals surface area contributed by atoms with Crippen LogP contribution in [0.2, 0.25) is 0 Å². The number of carboxylic acid groups (broad SMARTS) is 1. The fraction of sp³-hybridized carbons (Fsp3) is 0.200. The van der Waals surface area contributed by atoms with E-state index in [0.29, 0.717) is 12.4 Å². The number of aromatic nitrogens is 3. The topological polar surface area (TPSA) is 88.0 Å². The zero-order valence-electron chi connectivity index (χ0n) is 9.04. The summed E-state index contributed by atoms with van der Waals surface area (Å²) in [5, 5.41) is 12.7. The summed E-state index contributed by atoms with van der Waals surface area (Å²) in [5.41, 5.74) is -0.0784. The van der Waals surface area contributed by atoms with Crippen molar-refractivity contribution in [2.45, 2.75) is 13.5 Å². The second-order valence-corrected chi connectivity index (χ2v) is 4.63. The summed E-state index contributed by atoms with van der Waals surface area (Å²) in [4.78, 5) is 23.7. The van der Waals surface area contributed by atoms with E-state index >= 15 is 0 Å². The van der Waals surface area contributed by atoms with Gasteiger partial charge in [-0.15, -0.1) is 11.3 Å². The number of aromatic carboxylic acids is 1. The van der Waals surface area contributed by atoms with Crippen LogP contribution in [0.4, 0.5) is 5.82 Å². The second-order valence-electron chi connectivity index (χ2n) is 3.31. The SMILES string of the molecule is Cc1cnc(CNc2cncc(C(=O)O)n2)s1. The Morgan fingerprint density at radius 2 is 2.29 bits per heavy atom. The fourth-order valence-corrected chi connectivity index (χ4v) is 1.93. The minimum Gasteiger partial charge on any atom is -0.476 e. The first kappa shape index (κ1) is 11.5. The Hall–Kier alpha value is -2.02. The van der Waals surface area contributed by atoms with Crippen LogP contribution in [0.25, 0.3) is 0 Å². The molecule has 2 heterocycles. The van der Waals surface area contributed by atoms with Crippen molar-refractivity contribution in [2.75, 3.05) is 5.32 Å². The highest BCUT2D eigenvalue weighted by Gasteiger charge is 2.06. The average molecular weight is 250 g/mol. The highest BCUT2D eigenvalue weighted by atomic mass is 32.1. The van der Waals surface area contributed by atoms with E-state index in [-0.39, 0.29) is 5.69 Å². The molecule has 2 rings (SSSR count). The first-order chi connectivity index (χ1) is 8.15. The molecule has 0 aliphatic carbocycles. The highest BCUT2D eigenvalue weighted by molar-refractivity contribution is 7.11. The molecule has 0 aliphatic heterocycles. The van der Waals surface area contributed by atoms with Gasteiger partial charge in [-0.3, -0.25) is 4.98 Å². The smallest absolute Gasteiger partial charge is 0.356 e. The quantitative estimate of drug-likeness (QED) is 0.856. The number of hydrogen-bond acceptors (Lipinski definition) is 6. The van der Waals surface area contributed by atoms with Crippen LogP contribution in [-0.4, -0.2) is 26.0 Å². The molecule has 0 radical (unpaired) electrons. The third-order valence-electron chi connectivity index (χ3n) is 1.94. The Balaban J connectivity index is 2.04. The van der Waals surface area contributed by atoms with Gasteiger partial charge in [0.25, 0.3) is 0 Å². The summed E-state index contributed by atoms with van der Waals surface area (Å²) < 4.78 is 0. The van der Waals surface area contributed by atoms with Gasteiger partial charge in [-0.25, -0.2) is 14.8 Å². The number of thiazole rings is 1. The Morgan fingerprint density at radius 1 is 1.47 bits per heavy atom. The molecule has 0 spiro atoms. The van der Waals surface area contributed by atoms with E-state index in [1.54, 1.807) is 17.5 Å². The number of nitrogens with zero attached hydrogens (tertiary/aromatic N) is 3. The van der Waals surface area contributed by atoms with Gasteiger partial charge in [-0.2, -0.15) is 0 Å². The summed E-state index contributed by atoms with van der Waals surface area (Å²) in [7, 11) is 0. The van der Waals surface area contributed by atoms with Crippen LogP contribution in [0.3, 0.4) is 0 Å². The summed E-state index contributed by atoms with van der Waals surface area (Å²) >= 11 is 1.58. The maximum Gasteiger partial charge on any atom is 0.356 e. The Morgan fingerprint density at radius 3 is 2.94 bits per heavy atom. The predicted molar refractivity (Wildman–Crippen MR) is 63.2 cm³/mol. The number of carbonyl (C=O) groups is 1. The van der Waals surface area contributed by atoms with E-state index in [1.807, 2.05) is 6.92 Å². The van der Waals surface area contributed by atoms with Gasteiger partial charge in [-0.1, -0.05) is 0 Å². The standard InChI is InChI=1S/C10H10N4O2S/c1-6-2-13-9(17-6)5-12-8-4-11-3-7(14-8)10(15)16/h2-4H,5H2,1H3,(H,12,14)(H,15,16). The summed E-state index contributed by atoms with van der Waals surface area (Å²) in [6.07, 6.45) is 4.48. The number of anilines is 1. The van der Waals surface area contributed by atoms with Crippen molar-refractivity contribution in [3.05, 3.63) is 34.2 Å². The van der Waals surface area contributed by atoms with Gasteiger partial charge >= 0.3 is 5.97 Å². The van der Waals surface area contributed by atoms with E-state index in [0.717, 1.165) is 9.88 Å². The number of aryl methyl sites for hydroxylation is 1. The molecular weight excluding hydrogens is 240 g/mol. The first-order valence-electron chi connectivity index (χ1n) is 4.85. The predicted octanol–water partition coefficient (Wildman–Crippen LogP) is 1.55. The van der Waals surface area contributed by atoms with Crippen LogP contribution < -0.4 is 5.32 Å². The molecule has 0 atom stereocenters. The zero-order valence-corrected chi connectivity index (χ0v) is 9.86. The fourth-order valence-electron chi connectivity index (χ4n) is 1.20. The molecule has 0 saturated heterocycles. The maximum absolute atomic E-state index is 10.7. The minimum atomic E-state index is -1.09. The van der Waals surface area contributed by atoms with Gasteiger partial charge < -0.3 is 10.4 Å². The molecule has 88 valence electrons. The van der Waals surface area contributed by atoms with Gasteiger partial charge in [0, 0.05) is 11.1 Å². The number of nitrogens with one attached hydrogen (secondary N) is 1. The molecule has 0 aromatic carbocycles. The number of carboxylic acids is 1. The Labute approximate surface area is 101 Å². The minimum absolute atomic E-state index is 0.0784. The van der Waals surface area contributed by atoms with Crippen LogP contribution in [-0.2, 0) is 6.54 Å². The molecule has 2 aromatic rings. The molecular formula is C10H10N4O2S. The van der Waals surface area contributed by atoms with Crippen molar-refractivity contribution in [2.24, 2.45) is 0 Å². The van der Waals surface area contributed by atoms with Crippen molar-refractivity contribution in [3.8, 4) is 0 Å². The van der Waals surface area contributed by atoms with Crippen molar-refractivity contribution in [1.82, 2.24) is 15.0 Å². The van der Waals surface area contributed by atoms with E-state index in [9.17, 15) is 4.79 Å². The molecule has 0 amide bonds. The lowest BCUT2D eigenvalue weighted by Gasteiger charge is -2.02. The van der Waals surface area contributed by atoms with Crippen LogP contribution in [0, 0.1) is 6.92 Å². The maximum atomic E-state index is 10.7. The summed E-state index contributed by atoms with van der Waals surface area (Å²) in [5.74, 6) is -0.663. The summed E-state index contributed by atoms with van der Waals surface area (Å²) in [6, 6.07) is 0. The third kappa shape index (κ3) is 2.97. The molecule has 0 bridgehead atoms. The molecule has 7 heteroatoms. The molecule has 0 unspecified atom stereocenters. The lowest BCUT2D eigenvalue weighted by atomic mass is 10.4. The molecule has 0 fully saturated rings. The molecule has 0 aliphatic rings. The van der Waals surface area contributed by atoms with E-state index in [2.05, 4.69) is 20.3 Å². The lowest BCUT2D eigenvalue weighted by Crippen LogP contribution is -2.06. The highest BCUT2D eigenvalue weighted by Crippen LogP contribution is 2.12. The van der Waals surface area contributed by atoms with Crippen molar-refractivity contribution in [3.63, 3.8) is 0 Å². The zero-order chi connectivity index (χ0) is 12.3. The van der Waals surface area contributed by atoms with Crippen LogP contribution in [0.5, 0.6) is 0 Å². The van der Waals surface area contributed by atoms with E-state index in [1.165, 1.54) is 12.4 Å². The molecule has 17 heavy (non-hydrogen) atoms. The average Bonchev–Trinajstić information content (AvgIpc) is 2.73. The molecule has 2 aromatic heterocycles. The van der Waals surface area contributed by atoms with Crippen molar-refractivity contribution >= 4 is 23.1 Å². The van der Waals surface area contributed by atoms with Gasteiger partial charge in [-0.05, 0) is 6.92 Å². The van der Waals surface area contributed by atoms with Gasteiger partial charge in [0.05, 0.1) is 18.9 Å². The van der Waals surface area contributed by atoms with Crippen molar-refractivity contribution < 1.29 is 9.90 Å². The number of hydrogen-bond donors (Lipinski definition) is 2. The molecule has 6 nitrogen and oxygen atoms in total. The van der Waals surface area contributed by atoms with Crippen LogP contribution >= 0.6 is 11.3 Å². The first-order valence-corrected chi connectivity index (χ1v) is 5.67. The number of rotatable bonds is 4. The van der Waals surface area contributed by atoms with Crippen molar-refractivity contribution in [1.29, 1.82) is 0 Å². The molecule has 0 saturated carbocycles. The van der Waals surface area contributed by atoms with E-state index in [4.69, 9.17) is 5.11 Å². The largest absolute Gasteiger partial charge is 0.476 e. The van der Waals surface area contributed by atoms with Gasteiger partial charge in [0.2, 0.25) is 0 Å². The lowest BCUT2D eigenvalue weighted by molar-refractivity contribution is 0.0690. The normalized spacial score (nSPS) is 10.2. The van der Waals surface area contributed by atoms with Crippen LogP contribution in [0.1, 0.15) is 20.4 Å². The van der Waals surface area contributed by atoms with Gasteiger partial charge in [0.15, 0.2) is 5.69 Å². The van der Waals surface area contributed by atoms with Crippen LogP contribution in [0.15, 0.2) is 18.6 Å². The monoisotopic (exact) mass is 250 g/mol. The third-order valence-corrected chi connectivity index (χ3v) is 2.86. The molecule has 2 N–H and O–H groups in total. The van der Waals surface area contributed by atoms with Gasteiger partial charge in [0.1, 0.15) is 10.8 Å². The summed E-state index contributed by atoms with van der Waals surface area (Å²) in [6.45, 7) is 2.49. The van der Waals surface area contributed by atoms with E-state index < -0.39 is 5.97 Å². The second kappa shape index (κ2) is 4.88. The Kier molecular flexibility index (Phi) is 3.29.